The van der Waals surface area contributed by atoms with Crippen molar-refractivity contribution < 1.29 is 9.90 Å². The van der Waals surface area contributed by atoms with E-state index in [9.17, 15) is 9.90 Å². The first-order valence-electron chi connectivity index (χ1n) is 9.75. The van der Waals surface area contributed by atoms with E-state index in [-0.39, 0.29) is 0 Å². The molecular weight excluding hydrogens is 322 g/mol. The molecule has 2 aromatic carbocycles. The molecule has 0 aliphatic rings. The molecule has 0 bridgehead atoms. The van der Waals surface area contributed by atoms with E-state index >= 15 is 0 Å². The van der Waals surface area contributed by atoms with Gasteiger partial charge in [-0.05, 0) is 48.6 Å². The van der Waals surface area contributed by atoms with Gasteiger partial charge in [0.05, 0.1) is 5.56 Å². The minimum atomic E-state index is -0.901. The van der Waals surface area contributed by atoms with Gasteiger partial charge in [0.25, 0.3) is 0 Å². The Balaban J connectivity index is 1.82. The monoisotopic (exact) mass is 353 g/mol. The summed E-state index contributed by atoms with van der Waals surface area (Å²) in [5.74, 6) is -0.901. The van der Waals surface area contributed by atoms with Crippen LogP contribution in [0.1, 0.15) is 72.5 Å². The highest BCUT2D eigenvalue weighted by molar-refractivity contribution is 5.94. The molecule has 140 valence electrons. The maximum Gasteiger partial charge on any atom is 0.337 e. The lowest BCUT2D eigenvalue weighted by atomic mass is 10.0. The first-order valence-corrected chi connectivity index (χ1v) is 9.75. The summed E-state index contributed by atoms with van der Waals surface area (Å²) >= 11 is 0. The number of carbonyl (C=O) groups is 1. The maximum absolute atomic E-state index is 11.3. The second-order valence-electron chi connectivity index (χ2n) is 7.04. The van der Waals surface area contributed by atoms with Crippen LogP contribution in [0.3, 0.4) is 0 Å². The molecule has 0 heterocycles. The van der Waals surface area contributed by atoms with Crippen LogP contribution in [-0.2, 0) is 13.0 Å². The zero-order chi connectivity index (χ0) is 18.8. The molecule has 0 amide bonds. The topological polar surface area (TPSA) is 49.3 Å². The van der Waals surface area contributed by atoms with Gasteiger partial charge in [0, 0.05) is 12.2 Å². The van der Waals surface area contributed by atoms with E-state index in [1.54, 1.807) is 6.07 Å². The standard InChI is InChI=1S/C23H31NO2/c1-3-4-5-6-7-8-9-19-11-13-20(14-12-19)17-24-22-16-18(2)10-15-21(22)23(25)26/h10-16,24H,3-9,17H2,1-2H3,(H,25,26). The molecule has 2 aromatic rings. The van der Waals surface area contributed by atoms with E-state index in [1.807, 2.05) is 19.1 Å². The predicted octanol–water partition coefficient (Wildman–Crippen LogP) is 6.21. The van der Waals surface area contributed by atoms with Gasteiger partial charge in [-0.25, -0.2) is 4.79 Å². The van der Waals surface area contributed by atoms with Crippen LogP contribution < -0.4 is 5.32 Å². The summed E-state index contributed by atoms with van der Waals surface area (Å²) in [6, 6.07) is 14.0. The van der Waals surface area contributed by atoms with E-state index in [4.69, 9.17) is 0 Å². The smallest absolute Gasteiger partial charge is 0.337 e. The van der Waals surface area contributed by atoms with Gasteiger partial charge in [-0.15, -0.1) is 0 Å². The van der Waals surface area contributed by atoms with E-state index in [0.29, 0.717) is 17.8 Å². The molecule has 0 saturated carbocycles. The molecule has 26 heavy (non-hydrogen) atoms. The Hall–Kier alpha value is -2.29. The molecule has 0 aliphatic carbocycles. The summed E-state index contributed by atoms with van der Waals surface area (Å²) in [5.41, 5.74) is 4.58. The lowest BCUT2D eigenvalue weighted by Gasteiger charge is -2.11. The summed E-state index contributed by atoms with van der Waals surface area (Å²) < 4.78 is 0. The van der Waals surface area contributed by atoms with Crippen molar-refractivity contribution in [3.63, 3.8) is 0 Å². The average molecular weight is 354 g/mol. The van der Waals surface area contributed by atoms with Gasteiger partial charge in [-0.3, -0.25) is 0 Å². The number of hydrogen-bond donors (Lipinski definition) is 2. The van der Waals surface area contributed by atoms with Crippen LogP contribution in [0, 0.1) is 6.92 Å². The van der Waals surface area contributed by atoms with Gasteiger partial charge in [-0.2, -0.15) is 0 Å². The van der Waals surface area contributed by atoms with E-state index < -0.39 is 5.97 Å². The van der Waals surface area contributed by atoms with Crippen LogP contribution in [0.4, 0.5) is 5.69 Å². The normalized spacial score (nSPS) is 10.7. The number of nitrogens with one attached hydrogen (secondary N) is 1. The van der Waals surface area contributed by atoms with Crippen molar-refractivity contribution in [3.05, 3.63) is 64.7 Å². The molecule has 0 saturated heterocycles. The summed E-state index contributed by atoms with van der Waals surface area (Å²) in [7, 11) is 0. The maximum atomic E-state index is 11.3. The van der Waals surface area contributed by atoms with E-state index in [2.05, 4.69) is 36.5 Å². The van der Waals surface area contributed by atoms with Gasteiger partial charge in [0.15, 0.2) is 0 Å². The summed E-state index contributed by atoms with van der Waals surface area (Å²) in [5, 5.41) is 12.6. The molecule has 2 rings (SSSR count). The van der Waals surface area contributed by atoms with Gasteiger partial charge in [-0.1, -0.05) is 69.4 Å². The fraction of sp³-hybridized carbons (Fsp3) is 0.435. The number of anilines is 1. The third-order valence-electron chi connectivity index (χ3n) is 4.73. The van der Waals surface area contributed by atoms with Crippen molar-refractivity contribution in [3.8, 4) is 0 Å². The molecule has 3 heteroatoms. The molecule has 0 aliphatic heterocycles. The van der Waals surface area contributed by atoms with Crippen LogP contribution in [0.25, 0.3) is 0 Å². The molecule has 0 fully saturated rings. The van der Waals surface area contributed by atoms with Gasteiger partial charge in [0.1, 0.15) is 0 Å². The van der Waals surface area contributed by atoms with Gasteiger partial charge in [0.2, 0.25) is 0 Å². The van der Waals surface area contributed by atoms with Crippen molar-refractivity contribution >= 4 is 11.7 Å². The Labute approximate surface area is 157 Å². The molecule has 0 radical (unpaired) electrons. The quantitative estimate of drug-likeness (QED) is 0.472. The number of benzene rings is 2. The second kappa shape index (κ2) is 10.6. The summed E-state index contributed by atoms with van der Waals surface area (Å²) in [4.78, 5) is 11.3. The van der Waals surface area contributed by atoms with Crippen molar-refractivity contribution in [2.45, 2.75) is 65.3 Å². The molecule has 0 atom stereocenters. The van der Waals surface area contributed by atoms with Gasteiger partial charge >= 0.3 is 5.97 Å². The predicted molar refractivity (Wildman–Crippen MR) is 109 cm³/mol. The fourth-order valence-electron chi connectivity index (χ4n) is 3.12. The number of carboxylic acid groups (broad SMARTS) is 1. The SMILES string of the molecule is CCCCCCCCc1ccc(CNc2cc(C)ccc2C(=O)O)cc1. The Morgan fingerprint density at radius 1 is 0.923 bits per heavy atom. The molecule has 2 N–H and O–H groups in total. The zero-order valence-corrected chi connectivity index (χ0v) is 16.1. The lowest BCUT2D eigenvalue weighted by molar-refractivity contribution is 0.0698. The molecule has 0 unspecified atom stereocenters. The number of rotatable bonds is 11. The van der Waals surface area contributed by atoms with Crippen molar-refractivity contribution in [1.29, 1.82) is 0 Å². The number of hydrogen-bond acceptors (Lipinski definition) is 2. The Morgan fingerprint density at radius 3 is 2.27 bits per heavy atom. The minimum absolute atomic E-state index is 0.315. The highest BCUT2D eigenvalue weighted by Crippen LogP contribution is 2.19. The summed E-state index contributed by atoms with van der Waals surface area (Å²) in [6.07, 6.45) is 9.07. The Morgan fingerprint density at radius 2 is 1.58 bits per heavy atom. The highest BCUT2D eigenvalue weighted by atomic mass is 16.4. The van der Waals surface area contributed by atoms with Crippen LogP contribution in [0.5, 0.6) is 0 Å². The van der Waals surface area contributed by atoms with Crippen molar-refractivity contribution in [2.75, 3.05) is 5.32 Å². The molecule has 0 spiro atoms. The van der Waals surface area contributed by atoms with Crippen LogP contribution >= 0.6 is 0 Å². The molecule has 0 aromatic heterocycles. The van der Waals surface area contributed by atoms with E-state index in [0.717, 1.165) is 17.5 Å². The fourth-order valence-corrected chi connectivity index (χ4v) is 3.12. The average Bonchev–Trinajstić information content (AvgIpc) is 2.63. The third-order valence-corrected chi connectivity index (χ3v) is 4.73. The zero-order valence-electron chi connectivity index (χ0n) is 16.1. The van der Waals surface area contributed by atoms with Crippen LogP contribution in [0.2, 0.25) is 0 Å². The Kier molecular flexibility index (Phi) is 8.20. The lowest BCUT2D eigenvalue weighted by Crippen LogP contribution is -2.06. The molecular formula is C23H31NO2. The molecule has 3 nitrogen and oxygen atoms in total. The number of carboxylic acids is 1. The van der Waals surface area contributed by atoms with Crippen LogP contribution in [0.15, 0.2) is 42.5 Å². The first-order chi connectivity index (χ1) is 12.6. The third kappa shape index (κ3) is 6.55. The van der Waals surface area contributed by atoms with Gasteiger partial charge < -0.3 is 10.4 Å². The number of aryl methyl sites for hydroxylation is 2. The minimum Gasteiger partial charge on any atom is -0.478 e. The highest BCUT2D eigenvalue weighted by Gasteiger charge is 2.09. The first kappa shape index (κ1) is 20.0. The Bertz CT molecular complexity index is 692. The van der Waals surface area contributed by atoms with Crippen LogP contribution in [-0.4, -0.2) is 11.1 Å². The van der Waals surface area contributed by atoms with Crippen molar-refractivity contribution in [2.24, 2.45) is 0 Å². The van der Waals surface area contributed by atoms with E-state index in [1.165, 1.54) is 44.1 Å². The number of aromatic carboxylic acids is 1. The second-order valence-corrected chi connectivity index (χ2v) is 7.04. The number of unbranched alkanes of at least 4 members (excludes halogenated alkanes) is 5. The largest absolute Gasteiger partial charge is 0.478 e. The summed E-state index contributed by atoms with van der Waals surface area (Å²) in [6.45, 7) is 4.84. The van der Waals surface area contributed by atoms with Crippen molar-refractivity contribution in [1.82, 2.24) is 0 Å².